The molecule has 1 N–H and O–H groups in total. The third-order valence-electron chi connectivity index (χ3n) is 5.51. The minimum Gasteiger partial charge on any atom is -0.496 e. The standard InChI is InChI=1S/C22H25N5O2/c1-16(17-6-5-9-23-15-17)26-10-12-27(13-11-26)22(28)20-14-19(24-25-20)18-7-3-4-8-21(18)29-2/h3-9,14-16H,10-13H2,1-2H3,(H,24,25). The summed E-state index contributed by atoms with van der Waals surface area (Å²) in [6, 6.07) is 13.8. The number of amides is 1. The van der Waals surface area contributed by atoms with Crippen LogP contribution in [0.25, 0.3) is 11.3 Å². The molecule has 0 saturated carbocycles. The molecule has 1 aliphatic rings. The highest BCUT2D eigenvalue weighted by atomic mass is 16.5. The molecule has 1 atom stereocenters. The molecule has 7 nitrogen and oxygen atoms in total. The summed E-state index contributed by atoms with van der Waals surface area (Å²) in [5.74, 6) is 0.711. The Morgan fingerprint density at radius 3 is 2.66 bits per heavy atom. The van der Waals surface area contributed by atoms with Crippen LogP contribution < -0.4 is 4.74 Å². The first-order chi connectivity index (χ1) is 14.2. The number of rotatable bonds is 5. The van der Waals surface area contributed by atoms with Crippen LogP contribution in [-0.4, -0.2) is 64.2 Å². The Kier molecular flexibility index (Phi) is 5.57. The molecule has 0 aliphatic carbocycles. The number of H-pyrrole nitrogens is 1. The van der Waals surface area contributed by atoms with Gasteiger partial charge in [-0.3, -0.25) is 19.8 Å². The van der Waals surface area contributed by atoms with Gasteiger partial charge in [0.05, 0.1) is 12.8 Å². The molecule has 3 heterocycles. The van der Waals surface area contributed by atoms with Crippen LogP contribution in [0.3, 0.4) is 0 Å². The third kappa shape index (κ3) is 4.00. The Bertz CT molecular complexity index is 964. The maximum Gasteiger partial charge on any atom is 0.271 e. The second-order valence-corrected chi connectivity index (χ2v) is 7.16. The summed E-state index contributed by atoms with van der Waals surface area (Å²) in [6.07, 6.45) is 3.70. The number of nitrogens with zero attached hydrogens (tertiary/aromatic N) is 4. The zero-order valence-electron chi connectivity index (χ0n) is 16.7. The lowest BCUT2D eigenvalue weighted by Gasteiger charge is -2.37. The number of piperazine rings is 1. The summed E-state index contributed by atoms with van der Waals surface area (Å²) in [5.41, 5.74) is 3.26. The van der Waals surface area contributed by atoms with Crippen LogP contribution in [0.1, 0.15) is 29.0 Å². The number of benzene rings is 1. The molecule has 1 unspecified atom stereocenters. The van der Waals surface area contributed by atoms with Crippen LogP contribution >= 0.6 is 0 Å². The fourth-order valence-corrected chi connectivity index (χ4v) is 3.74. The highest BCUT2D eigenvalue weighted by Crippen LogP contribution is 2.28. The summed E-state index contributed by atoms with van der Waals surface area (Å²) in [5, 5.41) is 7.22. The number of aromatic nitrogens is 3. The summed E-state index contributed by atoms with van der Waals surface area (Å²) in [4.78, 5) is 21.4. The first-order valence-corrected chi connectivity index (χ1v) is 9.79. The van der Waals surface area contributed by atoms with E-state index < -0.39 is 0 Å². The molecule has 0 spiro atoms. The maximum atomic E-state index is 12.9. The van der Waals surface area contributed by atoms with Crippen LogP contribution in [-0.2, 0) is 0 Å². The molecule has 2 aromatic heterocycles. The predicted octanol–water partition coefficient (Wildman–Crippen LogP) is 3.00. The molecule has 1 saturated heterocycles. The van der Waals surface area contributed by atoms with Gasteiger partial charge in [-0.15, -0.1) is 0 Å². The zero-order chi connectivity index (χ0) is 20.2. The van der Waals surface area contributed by atoms with E-state index in [4.69, 9.17) is 4.74 Å². The Balaban J connectivity index is 1.41. The van der Waals surface area contributed by atoms with Gasteiger partial charge in [-0.2, -0.15) is 5.10 Å². The van der Waals surface area contributed by atoms with E-state index in [9.17, 15) is 4.79 Å². The minimum absolute atomic E-state index is 0.0210. The van der Waals surface area contributed by atoms with Crippen molar-refractivity contribution in [3.63, 3.8) is 0 Å². The number of methoxy groups -OCH3 is 1. The Morgan fingerprint density at radius 1 is 1.14 bits per heavy atom. The van der Waals surface area contributed by atoms with Gasteiger partial charge in [0.2, 0.25) is 0 Å². The van der Waals surface area contributed by atoms with E-state index in [1.165, 1.54) is 5.56 Å². The predicted molar refractivity (Wildman–Crippen MR) is 111 cm³/mol. The topological polar surface area (TPSA) is 74.3 Å². The zero-order valence-corrected chi connectivity index (χ0v) is 16.7. The molecule has 3 aromatic rings. The number of pyridine rings is 1. The van der Waals surface area contributed by atoms with Crippen molar-refractivity contribution in [3.05, 3.63) is 66.1 Å². The Labute approximate surface area is 170 Å². The van der Waals surface area contributed by atoms with E-state index in [0.717, 1.165) is 24.4 Å². The van der Waals surface area contributed by atoms with E-state index in [1.807, 2.05) is 41.4 Å². The van der Waals surface area contributed by atoms with Gasteiger partial charge in [0.15, 0.2) is 0 Å². The van der Waals surface area contributed by atoms with Crippen molar-refractivity contribution in [2.45, 2.75) is 13.0 Å². The summed E-state index contributed by atoms with van der Waals surface area (Å²) in [7, 11) is 1.63. The van der Waals surface area contributed by atoms with E-state index in [1.54, 1.807) is 19.4 Å². The molecule has 1 amide bonds. The molecule has 1 aromatic carbocycles. The van der Waals surface area contributed by atoms with Crippen molar-refractivity contribution in [3.8, 4) is 17.0 Å². The second-order valence-electron chi connectivity index (χ2n) is 7.16. The lowest BCUT2D eigenvalue weighted by atomic mass is 10.1. The number of carbonyl (C=O) groups is 1. The lowest BCUT2D eigenvalue weighted by molar-refractivity contribution is 0.0576. The van der Waals surface area contributed by atoms with Gasteiger partial charge in [0.25, 0.3) is 5.91 Å². The second kappa shape index (κ2) is 8.45. The summed E-state index contributed by atoms with van der Waals surface area (Å²) >= 11 is 0. The molecule has 29 heavy (non-hydrogen) atoms. The SMILES string of the molecule is COc1ccccc1-c1cc(C(=O)N2CCN(C(C)c3cccnc3)CC2)[nH]n1. The highest BCUT2D eigenvalue weighted by Gasteiger charge is 2.26. The number of hydrogen-bond acceptors (Lipinski definition) is 5. The molecule has 1 aliphatic heterocycles. The van der Waals surface area contributed by atoms with Crippen molar-refractivity contribution in [1.29, 1.82) is 0 Å². The van der Waals surface area contributed by atoms with Gasteiger partial charge < -0.3 is 9.64 Å². The average Bonchev–Trinajstić information content (AvgIpc) is 3.29. The molecular formula is C22H25N5O2. The van der Waals surface area contributed by atoms with Crippen molar-refractivity contribution < 1.29 is 9.53 Å². The van der Waals surface area contributed by atoms with Crippen LogP contribution in [0.5, 0.6) is 5.75 Å². The smallest absolute Gasteiger partial charge is 0.271 e. The van der Waals surface area contributed by atoms with E-state index in [2.05, 4.69) is 33.1 Å². The number of carbonyl (C=O) groups excluding carboxylic acids is 1. The van der Waals surface area contributed by atoms with Gasteiger partial charge >= 0.3 is 0 Å². The van der Waals surface area contributed by atoms with E-state index >= 15 is 0 Å². The number of para-hydroxylation sites is 1. The number of aromatic amines is 1. The molecule has 4 rings (SSSR count). The maximum absolute atomic E-state index is 12.9. The van der Waals surface area contributed by atoms with Crippen molar-refractivity contribution in [2.75, 3.05) is 33.3 Å². The van der Waals surface area contributed by atoms with Crippen molar-refractivity contribution >= 4 is 5.91 Å². The number of hydrogen-bond donors (Lipinski definition) is 1. The van der Waals surface area contributed by atoms with Crippen LogP contribution in [0.2, 0.25) is 0 Å². The first-order valence-electron chi connectivity index (χ1n) is 9.79. The summed E-state index contributed by atoms with van der Waals surface area (Å²) in [6.45, 7) is 5.21. The molecule has 0 radical (unpaired) electrons. The molecular weight excluding hydrogens is 366 g/mol. The Hall–Kier alpha value is -3.19. The summed E-state index contributed by atoms with van der Waals surface area (Å²) < 4.78 is 5.40. The first kappa shape index (κ1) is 19.1. The van der Waals surface area contributed by atoms with E-state index in [-0.39, 0.29) is 11.9 Å². The fraction of sp³-hybridized carbons (Fsp3) is 0.318. The molecule has 0 bridgehead atoms. The van der Waals surface area contributed by atoms with Gasteiger partial charge in [-0.25, -0.2) is 0 Å². The molecule has 7 heteroatoms. The van der Waals surface area contributed by atoms with Crippen LogP contribution in [0.4, 0.5) is 0 Å². The number of nitrogens with one attached hydrogen (secondary N) is 1. The quantitative estimate of drug-likeness (QED) is 0.724. The minimum atomic E-state index is -0.0210. The van der Waals surface area contributed by atoms with Crippen LogP contribution in [0.15, 0.2) is 54.9 Å². The monoisotopic (exact) mass is 391 g/mol. The highest BCUT2D eigenvalue weighted by molar-refractivity contribution is 5.93. The van der Waals surface area contributed by atoms with Crippen LogP contribution in [0, 0.1) is 0 Å². The lowest BCUT2D eigenvalue weighted by Crippen LogP contribution is -2.49. The van der Waals surface area contributed by atoms with Crippen molar-refractivity contribution in [1.82, 2.24) is 25.0 Å². The largest absolute Gasteiger partial charge is 0.496 e. The average molecular weight is 391 g/mol. The van der Waals surface area contributed by atoms with Gasteiger partial charge in [-0.1, -0.05) is 18.2 Å². The van der Waals surface area contributed by atoms with E-state index in [0.29, 0.717) is 24.5 Å². The molecule has 150 valence electrons. The van der Waals surface area contributed by atoms with Gasteiger partial charge in [-0.05, 0) is 36.8 Å². The van der Waals surface area contributed by atoms with Gasteiger partial charge in [0.1, 0.15) is 11.4 Å². The fourth-order valence-electron chi connectivity index (χ4n) is 3.74. The Morgan fingerprint density at radius 2 is 1.93 bits per heavy atom. The molecule has 1 fully saturated rings. The number of ether oxygens (including phenoxy) is 1. The van der Waals surface area contributed by atoms with Crippen molar-refractivity contribution in [2.24, 2.45) is 0 Å². The van der Waals surface area contributed by atoms with Gasteiger partial charge in [0, 0.05) is 50.2 Å². The third-order valence-corrected chi connectivity index (χ3v) is 5.51. The normalized spacial score (nSPS) is 15.9.